The molecule has 0 bridgehead atoms. The summed E-state index contributed by atoms with van der Waals surface area (Å²) in [5.74, 6) is 1.36. The Balaban J connectivity index is 1.83. The van der Waals surface area contributed by atoms with E-state index < -0.39 is 0 Å². The second-order valence-electron chi connectivity index (χ2n) is 5.85. The van der Waals surface area contributed by atoms with E-state index in [4.69, 9.17) is 0 Å². The van der Waals surface area contributed by atoms with E-state index in [1.54, 1.807) is 6.20 Å². The average Bonchev–Trinajstić information content (AvgIpc) is 2.97. The molecule has 23 heavy (non-hydrogen) atoms. The fourth-order valence-electron chi connectivity index (χ4n) is 2.35. The van der Waals surface area contributed by atoms with Crippen LogP contribution >= 0.6 is 0 Å². The Morgan fingerprint density at radius 2 is 1.91 bits per heavy atom. The molecular weight excluding hydrogens is 292 g/mol. The molecule has 0 aliphatic heterocycles. The van der Waals surface area contributed by atoms with Crippen LogP contribution < -0.4 is 10.6 Å². The number of aromatic nitrogens is 2. The van der Waals surface area contributed by atoms with Gasteiger partial charge in [0, 0.05) is 25.5 Å². The second kappa shape index (κ2) is 8.33. The van der Waals surface area contributed by atoms with Crippen molar-refractivity contribution < 1.29 is 9.90 Å². The summed E-state index contributed by atoms with van der Waals surface area (Å²) < 4.78 is 2.05. The van der Waals surface area contributed by atoms with Crippen molar-refractivity contribution in [3.8, 4) is 0 Å². The van der Waals surface area contributed by atoms with Crippen LogP contribution in [-0.2, 0) is 26.2 Å². The predicted octanol–water partition coefficient (Wildman–Crippen LogP) is 2.03. The molecule has 6 nitrogen and oxygen atoms in total. The molecule has 1 aromatic carbocycles. The van der Waals surface area contributed by atoms with Crippen molar-refractivity contribution in [2.24, 2.45) is 5.92 Å². The van der Waals surface area contributed by atoms with Crippen molar-refractivity contribution in [1.29, 1.82) is 0 Å². The number of imidazole rings is 1. The van der Waals surface area contributed by atoms with E-state index in [9.17, 15) is 9.90 Å². The van der Waals surface area contributed by atoms with E-state index in [1.165, 1.54) is 0 Å². The lowest BCUT2D eigenvalue weighted by molar-refractivity contribution is 0.239. The topological polar surface area (TPSA) is 79.2 Å². The maximum Gasteiger partial charge on any atom is 0.315 e. The van der Waals surface area contributed by atoms with Crippen LogP contribution in [0.15, 0.2) is 36.7 Å². The maximum absolute atomic E-state index is 11.9. The monoisotopic (exact) mass is 316 g/mol. The highest BCUT2D eigenvalue weighted by Gasteiger charge is 2.07. The Labute approximate surface area is 136 Å². The molecule has 2 aromatic rings. The molecule has 0 fully saturated rings. The van der Waals surface area contributed by atoms with Crippen molar-refractivity contribution in [3.05, 3.63) is 53.6 Å². The summed E-state index contributed by atoms with van der Waals surface area (Å²) in [7, 11) is 0. The number of aliphatic hydroxyl groups is 1. The van der Waals surface area contributed by atoms with Gasteiger partial charge in [-0.15, -0.1) is 0 Å². The summed E-state index contributed by atoms with van der Waals surface area (Å²) in [5, 5.41) is 14.9. The molecule has 0 spiro atoms. The molecule has 2 rings (SSSR count). The van der Waals surface area contributed by atoms with Crippen LogP contribution in [0, 0.1) is 5.92 Å². The third-order valence-electron chi connectivity index (χ3n) is 3.50. The van der Waals surface area contributed by atoms with E-state index >= 15 is 0 Å². The average molecular weight is 316 g/mol. The quantitative estimate of drug-likeness (QED) is 0.731. The van der Waals surface area contributed by atoms with E-state index in [-0.39, 0.29) is 12.6 Å². The first-order chi connectivity index (χ1) is 11.1. The lowest BCUT2D eigenvalue weighted by atomic mass is 10.1. The summed E-state index contributed by atoms with van der Waals surface area (Å²) in [6, 6.07) is 7.23. The van der Waals surface area contributed by atoms with Gasteiger partial charge in [0.05, 0.1) is 13.2 Å². The van der Waals surface area contributed by atoms with Crippen LogP contribution in [0.5, 0.6) is 0 Å². The molecule has 6 heteroatoms. The highest BCUT2D eigenvalue weighted by atomic mass is 16.3. The highest BCUT2D eigenvalue weighted by Crippen LogP contribution is 2.08. The molecule has 1 aromatic heterocycles. The van der Waals surface area contributed by atoms with Crippen LogP contribution in [0.3, 0.4) is 0 Å². The number of nitrogens with one attached hydrogen (secondary N) is 2. The minimum atomic E-state index is -0.253. The van der Waals surface area contributed by atoms with Gasteiger partial charge in [-0.05, 0) is 17.0 Å². The Morgan fingerprint density at radius 3 is 2.61 bits per heavy atom. The lowest BCUT2D eigenvalue weighted by Gasteiger charge is -2.12. The van der Waals surface area contributed by atoms with Gasteiger partial charge < -0.3 is 20.3 Å². The molecule has 0 unspecified atom stereocenters. The zero-order valence-corrected chi connectivity index (χ0v) is 13.6. The number of carbonyl (C=O) groups excluding carboxylic acids is 1. The van der Waals surface area contributed by atoms with Crippen molar-refractivity contribution in [3.63, 3.8) is 0 Å². The van der Waals surface area contributed by atoms with Crippen molar-refractivity contribution >= 4 is 6.03 Å². The van der Waals surface area contributed by atoms with Gasteiger partial charge in [0.1, 0.15) is 5.82 Å². The van der Waals surface area contributed by atoms with Gasteiger partial charge in [0.2, 0.25) is 0 Å². The predicted molar refractivity (Wildman–Crippen MR) is 88.5 cm³/mol. The summed E-state index contributed by atoms with van der Waals surface area (Å²) in [4.78, 5) is 16.2. The van der Waals surface area contributed by atoms with Gasteiger partial charge in [0.15, 0.2) is 0 Å². The number of carbonyl (C=O) groups is 1. The van der Waals surface area contributed by atoms with Gasteiger partial charge in [0.25, 0.3) is 0 Å². The largest absolute Gasteiger partial charge is 0.392 e. The number of aliphatic hydroxyl groups excluding tert-OH is 1. The van der Waals surface area contributed by atoms with Crippen LogP contribution in [-0.4, -0.2) is 20.7 Å². The second-order valence-corrected chi connectivity index (χ2v) is 5.85. The summed E-state index contributed by atoms with van der Waals surface area (Å²) in [6.45, 7) is 5.88. The van der Waals surface area contributed by atoms with E-state index in [0.29, 0.717) is 19.0 Å². The highest BCUT2D eigenvalue weighted by molar-refractivity contribution is 5.73. The molecule has 1 heterocycles. The summed E-state index contributed by atoms with van der Waals surface area (Å²) in [6.07, 6.45) is 3.67. The lowest BCUT2D eigenvalue weighted by Crippen LogP contribution is -2.35. The maximum atomic E-state index is 11.9. The molecule has 0 aliphatic carbocycles. The van der Waals surface area contributed by atoms with Gasteiger partial charge in [-0.2, -0.15) is 0 Å². The number of hydrogen-bond donors (Lipinski definition) is 3. The van der Waals surface area contributed by atoms with Crippen LogP contribution in [0.2, 0.25) is 0 Å². The van der Waals surface area contributed by atoms with E-state index in [2.05, 4.69) is 29.5 Å². The van der Waals surface area contributed by atoms with Gasteiger partial charge in [-0.3, -0.25) is 0 Å². The first-order valence-electron chi connectivity index (χ1n) is 7.79. The normalized spacial score (nSPS) is 10.8. The zero-order valence-electron chi connectivity index (χ0n) is 13.6. The van der Waals surface area contributed by atoms with Gasteiger partial charge in [-0.25, -0.2) is 9.78 Å². The van der Waals surface area contributed by atoms with Gasteiger partial charge >= 0.3 is 6.03 Å². The number of rotatable bonds is 7. The molecule has 0 aliphatic rings. The molecule has 0 saturated carbocycles. The van der Waals surface area contributed by atoms with E-state index in [1.807, 2.05) is 35.0 Å². The van der Waals surface area contributed by atoms with Crippen molar-refractivity contribution in [2.75, 3.05) is 0 Å². The first-order valence-corrected chi connectivity index (χ1v) is 7.79. The summed E-state index contributed by atoms with van der Waals surface area (Å²) in [5.41, 5.74) is 1.73. The standard InChI is InChI=1S/C17H24N4O2/c1-13(2)11-21-8-7-18-16(21)10-20-17(23)19-9-14-5-3-4-6-15(14)12-22/h3-8,13,22H,9-12H2,1-2H3,(H2,19,20,23). The first kappa shape index (κ1) is 17.0. The van der Waals surface area contributed by atoms with Crippen LogP contribution in [0.4, 0.5) is 4.79 Å². The fourth-order valence-corrected chi connectivity index (χ4v) is 2.35. The number of nitrogens with zero attached hydrogens (tertiary/aromatic N) is 2. The number of benzene rings is 1. The molecule has 3 N–H and O–H groups in total. The smallest absolute Gasteiger partial charge is 0.315 e. The third kappa shape index (κ3) is 5.10. The molecule has 0 saturated heterocycles. The van der Waals surface area contributed by atoms with E-state index in [0.717, 1.165) is 23.5 Å². The Hall–Kier alpha value is -2.34. The third-order valence-corrected chi connectivity index (χ3v) is 3.50. The molecular formula is C17H24N4O2. The summed E-state index contributed by atoms with van der Waals surface area (Å²) >= 11 is 0. The Bertz CT molecular complexity index is 637. The zero-order chi connectivity index (χ0) is 16.7. The van der Waals surface area contributed by atoms with Crippen LogP contribution in [0.25, 0.3) is 0 Å². The molecule has 0 radical (unpaired) electrons. The Morgan fingerprint density at radius 1 is 1.22 bits per heavy atom. The number of hydrogen-bond acceptors (Lipinski definition) is 3. The number of amides is 2. The molecule has 124 valence electrons. The molecule has 2 amide bonds. The van der Waals surface area contributed by atoms with Crippen LogP contribution in [0.1, 0.15) is 30.8 Å². The molecule has 0 atom stereocenters. The number of urea groups is 1. The minimum Gasteiger partial charge on any atom is -0.392 e. The van der Waals surface area contributed by atoms with Crippen molar-refractivity contribution in [1.82, 2.24) is 20.2 Å². The fraction of sp³-hybridized carbons (Fsp3) is 0.412. The Kier molecular flexibility index (Phi) is 6.17. The SMILES string of the molecule is CC(C)Cn1ccnc1CNC(=O)NCc1ccccc1CO. The van der Waals surface area contributed by atoms with Crippen molar-refractivity contribution in [2.45, 2.75) is 40.1 Å². The minimum absolute atomic E-state index is 0.0356. The van der Waals surface area contributed by atoms with Gasteiger partial charge in [-0.1, -0.05) is 38.1 Å².